The van der Waals surface area contributed by atoms with Gasteiger partial charge in [-0.05, 0) is 43.7 Å². The Kier molecular flexibility index (Phi) is 4.33. The van der Waals surface area contributed by atoms with E-state index in [-0.39, 0.29) is 16.4 Å². The summed E-state index contributed by atoms with van der Waals surface area (Å²) in [6.45, 7) is 7.16. The van der Waals surface area contributed by atoms with Crippen molar-refractivity contribution in [3.8, 4) is 11.8 Å². The number of methoxy groups -OCH3 is 1. The van der Waals surface area contributed by atoms with Crippen LogP contribution in [0.1, 0.15) is 60.4 Å². The van der Waals surface area contributed by atoms with E-state index >= 15 is 0 Å². The highest BCUT2D eigenvalue weighted by Crippen LogP contribution is 2.46. The van der Waals surface area contributed by atoms with Gasteiger partial charge in [0.05, 0.1) is 29.6 Å². The van der Waals surface area contributed by atoms with Crippen LogP contribution in [0.5, 0.6) is 5.75 Å². The minimum absolute atomic E-state index is 0.0259. The van der Waals surface area contributed by atoms with Crippen molar-refractivity contribution in [2.45, 2.75) is 43.3 Å². The number of carbonyl (C=O) groups is 1. The van der Waals surface area contributed by atoms with Crippen LogP contribution in [0.4, 0.5) is 0 Å². The van der Waals surface area contributed by atoms with Crippen LogP contribution in [-0.4, -0.2) is 31.5 Å². The maximum atomic E-state index is 13.6. The first-order chi connectivity index (χ1) is 14.0. The molecule has 0 amide bonds. The maximum absolute atomic E-state index is 13.6. The summed E-state index contributed by atoms with van der Waals surface area (Å²) in [7, 11) is -2.22. The van der Waals surface area contributed by atoms with Gasteiger partial charge >= 0.3 is 0 Å². The molecule has 0 atom stereocenters. The van der Waals surface area contributed by atoms with Gasteiger partial charge in [-0.2, -0.15) is 5.26 Å². The van der Waals surface area contributed by atoms with E-state index < -0.39 is 20.5 Å². The fraction of sp³-hybridized carbons (Fsp3) is 0.304. The van der Waals surface area contributed by atoms with Crippen molar-refractivity contribution in [1.82, 2.24) is 4.98 Å². The number of hydrogen-bond acceptors (Lipinski definition) is 5. The third-order valence-corrected chi connectivity index (χ3v) is 8.10. The van der Waals surface area contributed by atoms with E-state index in [2.05, 4.69) is 11.1 Å². The molecule has 1 aromatic heterocycles. The molecule has 4 rings (SSSR count). The normalized spacial score (nSPS) is 15.0. The van der Waals surface area contributed by atoms with Gasteiger partial charge in [-0.25, -0.2) is 8.42 Å². The Morgan fingerprint density at radius 3 is 2.47 bits per heavy atom. The molecule has 1 aliphatic rings. The van der Waals surface area contributed by atoms with Crippen LogP contribution in [0, 0.1) is 11.3 Å². The third-order valence-electron chi connectivity index (χ3n) is 5.93. The molecule has 154 valence electrons. The van der Waals surface area contributed by atoms with E-state index in [0.717, 1.165) is 11.1 Å². The number of nitrogens with zero attached hydrogens (tertiary/aromatic N) is 1. The number of sulfone groups is 1. The fourth-order valence-electron chi connectivity index (χ4n) is 4.14. The van der Waals surface area contributed by atoms with Crippen LogP contribution in [-0.2, 0) is 15.3 Å². The molecule has 2 aromatic carbocycles. The molecule has 0 unspecified atom stereocenters. The van der Waals surface area contributed by atoms with E-state index in [9.17, 15) is 18.5 Å². The first-order valence-corrected chi connectivity index (χ1v) is 11.2. The van der Waals surface area contributed by atoms with Gasteiger partial charge in [0.15, 0.2) is 15.6 Å². The predicted molar refractivity (Wildman–Crippen MR) is 114 cm³/mol. The number of benzene rings is 2. The van der Waals surface area contributed by atoms with Crippen LogP contribution >= 0.6 is 0 Å². The second kappa shape index (κ2) is 6.44. The van der Waals surface area contributed by atoms with Gasteiger partial charge in [0, 0.05) is 27.6 Å². The van der Waals surface area contributed by atoms with E-state index in [1.54, 1.807) is 38.1 Å². The summed E-state index contributed by atoms with van der Waals surface area (Å²) in [6.07, 6.45) is 0. The summed E-state index contributed by atoms with van der Waals surface area (Å²) in [5, 5.41) is 9.27. The van der Waals surface area contributed by atoms with Gasteiger partial charge < -0.3 is 9.72 Å². The molecule has 0 aliphatic heterocycles. The lowest BCUT2D eigenvalue weighted by Gasteiger charge is -2.33. The Hall–Kier alpha value is -3.11. The molecule has 1 heterocycles. The molecule has 30 heavy (non-hydrogen) atoms. The third kappa shape index (κ3) is 2.60. The van der Waals surface area contributed by atoms with Crippen molar-refractivity contribution in [3.63, 3.8) is 0 Å². The van der Waals surface area contributed by atoms with Crippen molar-refractivity contribution < 1.29 is 17.9 Å². The summed E-state index contributed by atoms with van der Waals surface area (Å²) in [4.78, 5) is 16.9. The van der Waals surface area contributed by atoms with Crippen molar-refractivity contribution in [1.29, 1.82) is 5.26 Å². The molecular formula is C23H22N2O4S. The highest BCUT2D eigenvalue weighted by molar-refractivity contribution is 7.92. The number of aromatic nitrogens is 1. The molecule has 0 saturated heterocycles. The standard InChI is InChI=1S/C23H22N2O4S/c1-12(2)30(27,28)19-9-15-16(10-18(19)29-5)23(3,4)22-20(21(15)26)14-7-6-13(11-24)8-17(14)25-22/h6-10,12,25H,1-5H3. The fourth-order valence-corrected chi connectivity index (χ4v) is 5.35. The SMILES string of the molecule is COc1cc2c(cc1S(=O)(=O)C(C)C)C(=O)c1c([nH]c3cc(C#N)ccc13)C2(C)C. The number of nitriles is 1. The minimum atomic E-state index is -3.65. The predicted octanol–water partition coefficient (Wildman–Crippen LogP) is 4.10. The van der Waals surface area contributed by atoms with E-state index in [4.69, 9.17) is 4.74 Å². The number of aromatic amines is 1. The molecule has 0 saturated carbocycles. The number of fused-ring (bicyclic) bond motifs is 4. The lowest BCUT2D eigenvalue weighted by Crippen LogP contribution is -2.31. The molecule has 6 nitrogen and oxygen atoms in total. The molecule has 0 bridgehead atoms. The Labute approximate surface area is 175 Å². The average Bonchev–Trinajstić information content (AvgIpc) is 3.11. The Morgan fingerprint density at radius 1 is 1.17 bits per heavy atom. The van der Waals surface area contributed by atoms with Crippen molar-refractivity contribution in [3.05, 3.63) is 58.3 Å². The highest BCUT2D eigenvalue weighted by atomic mass is 32.2. The van der Waals surface area contributed by atoms with Gasteiger partial charge in [0.1, 0.15) is 10.6 Å². The molecular weight excluding hydrogens is 400 g/mol. The van der Waals surface area contributed by atoms with Crippen LogP contribution in [0.2, 0.25) is 0 Å². The van der Waals surface area contributed by atoms with Gasteiger partial charge in [-0.1, -0.05) is 19.9 Å². The zero-order chi connectivity index (χ0) is 22.0. The molecule has 1 N–H and O–H groups in total. The number of rotatable bonds is 3. The number of ether oxygens (including phenoxy) is 1. The number of ketones is 1. The van der Waals surface area contributed by atoms with Crippen molar-refractivity contribution in [2.75, 3.05) is 7.11 Å². The largest absolute Gasteiger partial charge is 0.495 e. The highest BCUT2D eigenvalue weighted by Gasteiger charge is 2.41. The molecule has 0 spiro atoms. The van der Waals surface area contributed by atoms with Crippen molar-refractivity contribution >= 4 is 26.5 Å². The van der Waals surface area contributed by atoms with E-state index in [1.165, 1.54) is 13.2 Å². The minimum Gasteiger partial charge on any atom is -0.495 e. The van der Waals surface area contributed by atoms with Gasteiger partial charge in [0.25, 0.3) is 0 Å². The van der Waals surface area contributed by atoms with Gasteiger partial charge in [0.2, 0.25) is 0 Å². The van der Waals surface area contributed by atoms with Gasteiger partial charge in [-0.15, -0.1) is 0 Å². The average molecular weight is 423 g/mol. The second-order valence-corrected chi connectivity index (χ2v) is 10.8. The van der Waals surface area contributed by atoms with E-state index in [0.29, 0.717) is 27.8 Å². The first kappa shape index (κ1) is 20.2. The second-order valence-electron chi connectivity index (χ2n) is 8.34. The zero-order valence-electron chi connectivity index (χ0n) is 17.5. The first-order valence-electron chi connectivity index (χ1n) is 9.61. The number of nitrogens with one attached hydrogen (secondary N) is 1. The Morgan fingerprint density at radius 2 is 1.87 bits per heavy atom. The monoisotopic (exact) mass is 422 g/mol. The summed E-state index contributed by atoms with van der Waals surface area (Å²) < 4.78 is 31.2. The Bertz CT molecular complexity index is 1370. The van der Waals surface area contributed by atoms with Crippen LogP contribution in [0.3, 0.4) is 0 Å². The lowest BCUT2D eigenvalue weighted by atomic mass is 9.71. The quantitative estimate of drug-likeness (QED) is 0.685. The molecule has 7 heteroatoms. The number of H-pyrrole nitrogens is 1. The summed E-state index contributed by atoms with van der Waals surface area (Å²) in [5.74, 6) is -0.00667. The molecule has 0 radical (unpaired) electrons. The van der Waals surface area contributed by atoms with Crippen LogP contribution < -0.4 is 4.74 Å². The number of hydrogen-bond donors (Lipinski definition) is 1. The summed E-state index contributed by atoms with van der Waals surface area (Å²) in [6, 6.07) is 10.4. The lowest BCUT2D eigenvalue weighted by molar-refractivity contribution is 0.103. The zero-order valence-corrected chi connectivity index (χ0v) is 18.3. The maximum Gasteiger partial charge on any atom is 0.195 e. The summed E-state index contributed by atoms with van der Waals surface area (Å²) >= 11 is 0. The summed E-state index contributed by atoms with van der Waals surface area (Å²) in [5.41, 5.74) is 2.92. The molecule has 3 aromatic rings. The van der Waals surface area contributed by atoms with Crippen LogP contribution in [0.15, 0.2) is 35.2 Å². The van der Waals surface area contributed by atoms with E-state index in [1.807, 2.05) is 13.8 Å². The van der Waals surface area contributed by atoms with Gasteiger partial charge in [-0.3, -0.25) is 4.79 Å². The molecule has 0 fully saturated rings. The van der Waals surface area contributed by atoms with Crippen LogP contribution in [0.25, 0.3) is 10.9 Å². The van der Waals surface area contributed by atoms with Crippen molar-refractivity contribution in [2.24, 2.45) is 0 Å². The Balaban J connectivity index is 2.06. The number of carbonyl (C=O) groups excluding carboxylic acids is 1. The topological polar surface area (TPSA) is 100 Å². The smallest absolute Gasteiger partial charge is 0.195 e. The molecule has 1 aliphatic carbocycles.